The Morgan fingerprint density at radius 1 is 1.10 bits per heavy atom. The number of nitrogens with zero attached hydrogens (tertiary/aromatic N) is 2. The van der Waals surface area contributed by atoms with Gasteiger partial charge in [0.1, 0.15) is 0 Å². The van der Waals surface area contributed by atoms with E-state index in [0.717, 1.165) is 24.9 Å². The van der Waals surface area contributed by atoms with Crippen LogP contribution in [0.1, 0.15) is 42.5 Å². The summed E-state index contributed by atoms with van der Waals surface area (Å²) in [7, 11) is -3.10. The van der Waals surface area contributed by atoms with Crippen molar-refractivity contribution in [1.29, 1.82) is 0 Å². The molecule has 2 amide bonds. The van der Waals surface area contributed by atoms with E-state index in [9.17, 15) is 22.8 Å². The Kier molecular flexibility index (Phi) is 5.33. The minimum atomic E-state index is -3.10. The molecule has 3 aliphatic rings. The van der Waals surface area contributed by atoms with E-state index in [1.165, 1.54) is 0 Å². The van der Waals surface area contributed by atoms with Crippen molar-refractivity contribution in [2.24, 2.45) is 0 Å². The van der Waals surface area contributed by atoms with E-state index in [2.05, 4.69) is 0 Å². The van der Waals surface area contributed by atoms with Crippen molar-refractivity contribution < 1.29 is 27.5 Å². The van der Waals surface area contributed by atoms with Crippen molar-refractivity contribution in [3.05, 3.63) is 29.8 Å². The zero-order chi connectivity index (χ0) is 20.6. The molecule has 1 atom stereocenters. The zero-order valence-corrected chi connectivity index (χ0v) is 16.9. The molecule has 2 saturated heterocycles. The molecular formula is C20H24N2O6S. The number of sulfone groups is 1. The molecule has 9 heteroatoms. The molecule has 3 fully saturated rings. The predicted octanol–water partition coefficient (Wildman–Crippen LogP) is 1.15. The van der Waals surface area contributed by atoms with Crippen molar-refractivity contribution in [1.82, 2.24) is 4.90 Å². The molecule has 2 heterocycles. The van der Waals surface area contributed by atoms with Gasteiger partial charge in [0.05, 0.1) is 17.1 Å². The molecule has 2 aliphatic heterocycles. The Bertz CT molecular complexity index is 923. The largest absolute Gasteiger partial charge is 0.452 e. The van der Waals surface area contributed by atoms with Crippen LogP contribution in [0.4, 0.5) is 5.69 Å². The van der Waals surface area contributed by atoms with E-state index >= 15 is 0 Å². The number of ether oxygens (including phenoxy) is 1. The maximum absolute atomic E-state index is 12.6. The minimum absolute atomic E-state index is 0.0140. The fourth-order valence-corrected chi connectivity index (χ4v) is 5.75. The summed E-state index contributed by atoms with van der Waals surface area (Å²) >= 11 is 0. The van der Waals surface area contributed by atoms with Gasteiger partial charge in [0.15, 0.2) is 16.4 Å². The Balaban J connectivity index is 1.35. The first-order valence-corrected chi connectivity index (χ1v) is 11.8. The van der Waals surface area contributed by atoms with Crippen molar-refractivity contribution in [2.75, 3.05) is 29.6 Å². The Morgan fingerprint density at radius 3 is 2.38 bits per heavy atom. The third-order valence-electron chi connectivity index (χ3n) is 5.64. The second kappa shape index (κ2) is 7.78. The van der Waals surface area contributed by atoms with Crippen LogP contribution in [0.3, 0.4) is 0 Å². The lowest BCUT2D eigenvalue weighted by molar-refractivity contribution is -0.137. The van der Waals surface area contributed by atoms with Crippen LogP contribution >= 0.6 is 0 Å². The van der Waals surface area contributed by atoms with Gasteiger partial charge < -0.3 is 14.5 Å². The fraction of sp³-hybridized carbons (Fsp3) is 0.550. The van der Waals surface area contributed by atoms with Crippen LogP contribution in [0.15, 0.2) is 24.3 Å². The SMILES string of the molecule is O=C(OCC(=O)N(C1CC1)[C@H]1CCS(=O)(=O)C1)c1ccc(N2CCCC2=O)cc1. The van der Waals surface area contributed by atoms with E-state index in [4.69, 9.17) is 4.74 Å². The molecule has 1 aromatic carbocycles. The second-order valence-corrected chi connectivity index (χ2v) is 10.1. The van der Waals surface area contributed by atoms with Gasteiger partial charge in [-0.15, -0.1) is 0 Å². The highest BCUT2D eigenvalue weighted by atomic mass is 32.2. The smallest absolute Gasteiger partial charge is 0.338 e. The van der Waals surface area contributed by atoms with Crippen LogP contribution in [-0.2, 0) is 24.2 Å². The number of hydrogen-bond donors (Lipinski definition) is 0. The van der Waals surface area contributed by atoms with Gasteiger partial charge in [-0.3, -0.25) is 9.59 Å². The fourth-order valence-electron chi connectivity index (χ4n) is 4.04. The van der Waals surface area contributed by atoms with Crippen molar-refractivity contribution in [3.8, 4) is 0 Å². The van der Waals surface area contributed by atoms with Crippen molar-refractivity contribution in [3.63, 3.8) is 0 Å². The molecule has 0 N–H and O–H groups in total. The number of carbonyl (C=O) groups excluding carboxylic acids is 3. The Hall–Kier alpha value is -2.42. The van der Waals surface area contributed by atoms with Gasteiger partial charge in [0, 0.05) is 30.7 Å². The van der Waals surface area contributed by atoms with Gasteiger partial charge in [-0.2, -0.15) is 0 Å². The number of rotatable bonds is 6. The first-order chi connectivity index (χ1) is 13.8. The summed E-state index contributed by atoms with van der Waals surface area (Å²) in [6.07, 6.45) is 3.51. The molecule has 0 unspecified atom stereocenters. The predicted molar refractivity (Wildman–Crippen MR) is 105 cm³/mol. The van der Waals surface area contributed by atoms with E-state index in [-0.39, 0.29) is 35.4 Å². The normalized spacial score (nSPS) is 23.2. The Morgan fingerprint density at radius 2 is 1.83 bits per heavy atom. The summed E-state index contributed by atoms with van der Waals surface area (Å²) in [6.45, 7) is 0.267. The monoisotopic (exact) mass is 420 g/mol. The van der Waals surface area contributed by atoms with Gasteiger partial charge in [0.2, 0.25) is 5.91 Å². The molecule has 1 aromatic rings. The lowest BCUT2D eigenvalue weighted by atomic mass is 10.2. The lowest BCUT2D eigenvalue weighted by Gasteiger charge is -2.28. The third-order valence-corrected chi connectivity index (χ3v) is 7.40. The maximum Gasteiger partial charge on any atom is 0.338 e. The highest BCUT2D eigenvalue weighted by molar-refractivity contribution is 7.91. The number of benzene rings is 1. The minimum Gasteiger partial charge on any atom is -0.452 e. The Labute approximate surface area is 169 Å². The third kappa shape index (κ3) is 4.44. The van der Waals surface area contributed by atoms with E-state index in [1.54, 1.807) is 34.1 Å². The number of anilines is 1. The summed E-state index contributed by atoms with van der Waals surface area (Å²) in [5, 5.41) is 0. The topological polar surface area (TPSA) is 101 Å². The van der Waals surface area contributed by atoms with Crippen molar-refractivity contribution in [2.45, 2.75) is 44.2 Å². The molecular weight excluding hydrogens is 396 g/mol. The van der Waals surface area contributed by atoms with Crippen LogP contribution in [0.2, 0.25) is 0 Å². The number of amides is 2. The summed E-state index contributed by atoms with van der Waals surface area (Å²) in [4.78, 5) is 40.0. The molecule has 29 heavy (non-hydrogen) atoms. The molecule has 0 radical (unpaired) electrons. The molecule has 156 valence electrons. The summed E-state index contributed by atoms with van der Waals surface area (Å²) in [6, 6.07) is 6.28. The number of hydrogen-bond acceptors (Lipinski definition) is 6. The molecule has 0 aromatic heterocycles. The summed E-state index contributed by atoms with van der Waals surface area (Å²) < 4.78 is 28.7. The molecule has 0 spiro atoms. The molecule has 4 rings (SSSR count). The van der Waals surface area contributed by atoms with E-state index in [0.29, 0.717) is 24.9 Å². The van der Waals surface area contributed by atoms with Crippen LogP contribution < -0.4 is 4.90 Å². The molecule has 1 aliphatic carbocycles. The first kappa shape index (κ1) is 19.9. The summed E-state index contributed by atoms with van der Waals surface area (Å²) in [5.74, 6) is -0.811. The zero-order valence-electron chi connectivity index (χ0n) is 16.1. The van der Waals surface area contributed by atoms with Gasteiger partial charge in [-0.05, 0) is 49.9 Å². The summed E-state index contributed by atoms with van der Waals surface area (Å²) in [5.41, 5.74) is 1.04. The number of carbonyl (C=O) groups is 3. The average Bonchev–Trinajstić information content (AvgIpc) is 3.33. The van der Waals surface area contributed by atoms with E-state index < -0.39 is 22.4 Å². The molecule has 1 saturated carbocycles. The van der Waals surface area contributed by atoms with Crippen LogP contribution in [0.25, 0.3) is 0 Å². The van der Waals surface area contributed by atoms with Crippen LogP contribution in [0.5, 0.6) is 0 Å². The van der Waals surface area contributed by atoms with Gasteiger partial charge in [-0.25, -0.2) is 13.2 Å². The average molecular weight is 420 g/mol. The van der Waals surface area contributed by atoms with Crippen molar-refractivity contribution >= 4 is 33.3 Å². The van der Waals surface area contributed by atoms with Gasteiger partial charge >= 0.3 is 5.97 Å². The highest BCUT2D eigenvalue weighted by Gasteiger charge is 2.42. The lowest BCUT2D eigenvalue weighted by Crippen LogP contribution is -2.44. The molecule has 8 nitrogen and oxygen atoms in total. The molecule has 0 bridgehead atoms. The maximum atomic E-state index is 12.6. The quantitative estimate of drug-likeness (QED) is 0.640. The number of esters is 1. The van der Waals surface area contributed by atoms with Gasteiger partial charge in [-0.1, -0.05) is 0 Å². The van der Waals surface area contributed by atoms with E-state index in [1.807, 2.05) is 0 Å². The second-order valence-electron chi connectivity index (χ2n) is 7.86. The standard InChI is InChI=1S/C20H24N2O6S/c23-18-2-1-10-21(18)15-5-3-14(4-6-15)20(25)28-12-19(24)22(16-7-8-16)17-9-11-29(26,27)13-17/h3-6,16-17H,1-2,7-13H2/t17-/m0/s1. The first-order valence-electron chi connectivity index (χ1n) is 9.93. The highest BCUT2D eigenvalue weighted by Crippen LogP contribution is 2.32. The van der Waals surface area contributed by atoms with Crippen LogP contribution in [0, 0.1) is 0 Å². The van der Waals surface area contributed by atoms with Gasteiger partial charge in [0.25, 0.3) is 5.91 Å². The van der Waals surface area contributed by atoms with Crippen LogP contribution in [-0.4, -0.2) is 67.8 Å².